The third-order valence-corrected chi connectivity index (χ3v) is 5.30. The lowest BCUT2D eigenvalue weighted by molar-refractivity contribution is -0.0241. The Bertz CT molecular complexity index is 1190. The van der Waals surface area contributed by atoms with Crippen LogP contribution in [0, 0.1) is 5.82 Å². The van der Waals surface area contributed by atoms with E-state index < -0.39 is 0 Å². The van der Waals surface area contributed by atoms with E-state index in [1.54, 1.807) is 9.42 Å². The Hall–Kier alpha value is -3.58. The molecule has 1 aliphatic heterocycles. The molecule has 1 atom stereocenters. The molecule has 30 heavy (non-hydrogen) atoms. The van der Waals surface area contributed by atoms with E-state index in [4.69, 9.17) is 4.74 Å². The molecule has 1 aliphatic rings. The van der Waals surface area contributed by atoms with Crippen LogP contribution in [0.3, 0.4) is 0 Å². The van der Waals surface area contributed by atoms with E-state index in [1.807, 2.05) is 48.7 Å². The van der Waals surface area contributed by atoms with Crippen LogP contribution in [0.5, 0.6) is 0 Å². The number of carbonyl (C=O) groups is 1. The van der Waals surface area contributed by atoms with E-state index in [0.717, 1.165) is 16.6 Å². The highest BCUT2D eigenvalue weighted by atomic mass is 19.1. The van der Waals surface area contributed by atoms with E-state index in [9.17, 15) is 9.18 Å². The van der Waals surface area contributed by atoms with Crippen molar-refractivity contribution >= 4 is 11.4 Å². The molecule has 0 aliphatic carbocycles. The van der Waals surface area contributed by atoms with Gasteiger partial charge in [0.05, 0.1) is 18.7 Å². The molecule has 0 saturated carbocycles. The summed E-state index contributed by atoms with van der Waals surface area (Å²) in [4.78, 5) is 14.5. The summed E-state index contributed by atoms with van der Waals surface area (Å²) in [5.41, 5.74) is 4.14. The van der Waals surface area contributed by atoms with Crippen LogP contribution >= 0.6 is 0 Å². The lowest BCUT2D eigenvalue weighted by Gasteiger charge is -2.32. The molecular weight excluding hydrogens is 383 g/mol. The first-order valence-electron chi connectivity index (χ1n) is 9.76. The average molecular weight is 402 g/mol. The molecule has 1 unspecified atom stereocenters. The SMILES string of the molecule is O=C(c1ccc(F)cc1)N1CCOC(c2nnn3cc(-c4ccccc4)ccc23)C1. The summed E-state index contributed by atoms with van der Waals surface area (Å²) in [7, 11) is 0. The first kappa shape index (κ1) is 18.4. The van der Waals surface area contributed by atoms with Gasteiger partial charge in [-0.2, -0.15) is 0 Å². The number of aromatic nitrogens is 3. The number of benzene rings is 2. The molecule has 0 N–H and O–H groups in total. The summed E-state index contributed by atoms with van der Waals surface area (Å²) in [6.07, 6.45) is 1.56. The van der Waals surface area contributed by atoms with Gasteiger partial charge in [-0.3, -0.25) is 4.79 Å². The average Bonchev–Trinajstić information content (AvgIpc) is 3.23. The second-order valence-electron chi connectivity index (χ2n) is 7.21. The Balaban J connectivity index is 1.39. The number of hydrogen-bond donors (Lipinski definition) is 0. The number of pyridine rings is 1. The molecule has 5 rings (SSSR count). The third kappa shape index (κ3) is 3.44. The molecule has 1 fully saturated rings. The number of carbonyl (C=O) groups excluding carboxylic acids is 1. The normalized spacial score (nSPS) is 16.7. The van der Waals surface area contributed by atoms with Crippen molar-refractivity contribution in [1.29, 1.82) is 0 Å². The van der Waals surface area contributed by atoms with Crippen LogP contribution in [-0.4, -0.2) is 45.3 Å². The summed E-state index contributed by atoms with van der Waals surface area (Å²) in [5.74, 6) is -0.511. The minimum absolute atomic E-state index is 0.147. The smallest absolute Gasteiger partial charge is 0.254 e. The van der Waals surface area contributed by atoms with Crippen LogP contribution < -0.4 is 0 Å². The van der Waals surface area contributed by atoms with Gasteiger partial charge in [0, 0.05) is 23.9 Å². The van der Waals surface area contributed by atoms with Crippen molar-refractivity contribution in [2.75, 3.05) is 19.7 Å². The second kappa shape index (κ2) is 7.68. The first-order chi connectivity index (χ1) is 14.7. The second-order valence-corrected chi connectivity index (χ2v) is 7.21. The predicted molar refractivity (Wildman–Crippen MR) is 109 cm³/mol. The Morgan fingerprint density at radius 2 is 1.80 bits per heavy atom. The van der Waals surface area contributed by atoms with E-state index in [-0.39, 0.29) is 17.8 Å². The highest BCUT2D eigenvalue weighted by Crippen LogP contribution is 2.27. The molecule has 0 bridgehead atoms. The summed E-state index contributed by atoms with van der Waals surface area (Å²) in [6, 6.07) is 19.7. The van der Waals surface area contributed by atoms with Gasteiger partial charge < -0.3 is 9.64 Å². The third-order valence-electron chi connectivity index (χ3n) is 5.30. The van der Waals surface area contributed by atoms with Crippen LogP contribution in [0.1, 0.15) is 22.2 Å². The monoisotopic (exact) mass is 402 g/mol. The van der Waals surface area contributed by atoms with Crippen molar-refractivity contribution in [1.82, 2.24) is 19.7 Å². The van der Waals surface area contributed by atoms with Crippen LogP contribution in [0.15, 0.2) is 72.9 Å². The van der Waals surface area contributed by atoms with Crippen LogP contribution in [0.4, 0.5) is 4.39 Å². The maximum absolute atomic E-state index is 13.2. The van der Waals surface area contributed by atoms with Crippen LogP contribution in [-0.2, 0) is 4.74 Å². The van der Waals surface area contributed by atoms with Gasteiger partial charge in [-0.1, -0.05) is 41.6 Å². The van der Waals surface area contributed by atoms with Crippen molar-refractivity contribution in [3.05, 3.63) is 90.0 Å². The van der Waals surface area contributed by atoms with Crippen molar-refractivity contribution in [2.45, 2.75) is 6.10 Å². The number of nitrogens with zero attached hydrogens (tertiary/aromatic N) is 4. The number of morpholine rings is 1. The quantitative estimate of drug-likeness (QED) is 0.524. The summed E-state index contributed by atoms with van der Waals surface area (Å²) in [6.45, 7) is 1.24. The molecule has 3 heterocycles. The van der Waals surface area contributed by atoms with Crippen molar-refractivity contribution < 1.29 is 13.9 Å². The van der Waals surface area contributed by atoms with Gasteiger partial charge in [-0.05, 0) is 35.9 Å². The minimum Gasteiger partial charge on any atom is -0.368 e. The predicted octanol–water partition coefficient (Wildman–Crippen LogP) is 3.75. The zero-order valence-corrected chi connectivity index (χ0v) is 16.1. The Morgan fingerprint density at radius 3 is 2.60 bits per heavy atom. The van der Waals surface area contributed by atoms with Gasteiger partial charge in [0.1, 0.15) is 17.6 Å². The molecule has 6 nitrogen and oxygen atoms in total. The summed E-state index contributed by atoms with van der Waals surface area (Å²) < 4.78 is 20.8. The zero-order chi connectivity index (χ0) is 20.5. The summed E-state index contributed by atoms with van der Waals surface area (Å²) >= 11 is 0. The molecule has 4 aromatic rings. The molecule has 150 valence electrons. The van der Waals surface area contributed by atoms with E-state index in [2.05, 4.69) is 10.3 Å². The molecule has 2 aromatic heterocycles. The molecular formula is C23H19FN4O2. The fourth-order valence-electron chi connectivity index (χ4n) is 3.72. The van der Waals surface area contributed by atoms with E-state index in [1.165, 1.54) is 24.3 Å². The number of amides is 1. The van der Waals surface area contributed by atoms with Crippen molar-refractivity contribution in [3.8, 4) is 11.1 Å². The fourth-order valence-corrected chi connectivity index (χ4v) is 3.72. The molecule has 0 spiro atoms. The van der Waals surface area contributed by atoms with Crippen molar-refractivity contribution in [3.63, 3.8) is 0 Å². The Labute approximate surface area is 172 Å². The van der Waals surface area contributed by atoms with E-state index in [0.29, 0.717) is 31.0 Å². The van der Waals surface area contributed by atoms with Gasteiger partial charge in [0.25, 0.3) is 5.91 Å². The number of hydrogen-bond acceptors (Lipinski definition) is 4. The zero-order valence-electron chi connectivity index (χ0n) is 16.1. The lowest BCUT2D eigenvalue weighted by atomic mass is 10.1. The first-order valence-corrected chi connectivity index (χ1v) is 9.76. The van der Waals surface area contributed by atoms with Gasteiger partial charge in [0.2, 0.25) is 0 Å². The highest BCUT2D eigenvalue weighted by molar-refractivity contribution is 5.94. The molecule has 0 radical (unpaired) electrons. The number of rotatable bonds is 3. The van der Waals surface area contributed by atoms with Gasteiger partial charge in [0.15, 0.2) is 0 Å². The van der Waals surface area contributed by atoms with E-state index >= 15 is 0 Å². The topological polar surface area (TPSA) is 59.7 Å². The maximum Gasteiger partial charge on any atom is 0.254 e. The molecule has 1 amide bonds. The Morgan fingerprint density at radius 1 is 1.00 bits per heavy atom. The van der Waals surface area contributed by atoms with Gasteiger partial charge in [-0.25, -0.2) is 8.91 Å². The number of halogens is 1. The minimum atomic E-state index is -0.372. The molecule has 1 saturated heterocycles. The maximum atomic E-state index is 13.2. The summed E-state index contributed by atoms with van der Waals surface area (Å²) in [5, 5.41) is 8.59. The van der Waals surface area contributed by atoms with Crippen molar-refractivity contribution in [2.24, 2.45) is 0 Å². The largest absolute Gasteiger partial charge is 0.368 e. The van der Waals surface area contributed by atoms with Crippen LogP contribution in [0.2, 0.25) is 0 Å². The number of ether oxygens (including phenoxy) is 1. The fraction of sp³-hybridized carbons (Fsp3) is 0.174. The highest BCUT2D eigenvalue weighted by Gasteiger charge is 2.29. The van der Waals surface area contributed by atoms with Gasteiger partial charge in [-0.15, -0.1) is 5.10 Å². The van der Waals surface area contributed by atoms with Crippen LogP contribution in [0.25, 0.3) is 16.6 Å². The number of fused-ring (bicyclic) bond motifs is 1. The standard InChI is InChI=1S/C23H19FN4O2/c24-19-9-6-17(7-10-19)23(29)27-12-13-30-21(15-27)22-20-11-8-18(14-28(20)26-25-22)16-4-2-1-3-5-16/h1-11,14,21H,12-13,15H2. The lowest BCUT2D eigenvalue weighted by Crippen LogP contribution is -2.42. The molecule has 2 aromatic carbocycles. The Kier molecular flexibility index (Phi) is 4.72. The van der Waals surface area contributed by atoms with Gasteiger partial charge >= 0.3 is 0 Å². The molecule has 7 heteroatoms.